The molecule has 0 radical (unpaired) electrons. The van der Waals surface area contributed by atoms with Crippen LogP contribution in [0.15, 0.2) is 48.5 Å². The molecule has 0 bridgehead atoms. The molecule has 0 heterocycles. The first-order chi connectivity index (χ1) is 11.2. The Hall–Kier alpha value is -2.83. The summed E-state index contributed by atoms with van der Waals surface area (Å²) in [7, 11) is 0. The molecule has 7 heteroatoms. The van der Waals surface area contributed by atoms with Crippen molar-refractivity contribution in [1.29, 1.82) is 0 Å². The van der Waals surface area contributed by atoms with Crippen molar-refractivity contribution in [2.24, 2.45) is 0 Å². The molecule has 1 N–H and O–H groups in total. The van der Waals surface area contributed by atoms with Gasteiger partial charge >= 0.3 is 12.1 Å². The normalized spacial score (nSPS) is 12.5. The Morgan fingerprint density at radius 1 is 1.04 bits per heavy atom. The summed E-state index contributed by atoms with van der Waals surface area (Å²) in [5.41, 5.74) is -0.932. The van der Waals surface area contributed by atoms with E-state index < -0.39 is 29.6 Å². The van der Waals surface area contributed by atoms with Gasteiger partial charge in [-0.3, -0.25) is 4.79 Å². The van der Waals surface area contributed by atoms with Gasteiger partial charge in [0.15, 0.2) is 11.9 Å². The summed E-state index contributed by atoms with van der Waals surface area (Å²) in [6.45, 7) is 1.32. The van der Waals surface area contributed by atoms with Crippen LogP contribution in [0.1, 0.15) is 28.4 Å². The van der Waals surface area contributed by atoms with Gasteiger partial charge < -0.3 is 9.84 Å². The Balaban J connectivity index is 2.29. The minimum atomic E-state index is -4.54. The summed E-state index contributed by atoms with van der Waals surface area (Å²) in [5.74, 6) is -1.65. The van der Waals surface area contributed by atoms with Gasteiger partial charge in [-0.1, -0.05) is 24.3 Å². The van der Waals surface area contributed by atoms with Crippen molar-refractivity contribution in [1.82, 2.24) is 0 Å². The molecule has 2 rings (SSSR count). The Kier molecular flexibility index (Phi) is 4.92. The number of alkyl halides is 3. The number of ether oxygens (including phenoxy) is 1. The summed E-state index contributed by atoms with van der Waals surface area (Å²) in [6.07, 6.45) is -5.66. The lowest BCUT2D eigenvalue weighted by molar-refractivity contribution is -0.144. The molecule has 0 aliphatic carbocycles. The number of carbonyl (C=O) groups is 2. The standard InChI is InChI=1S/C17H13F3O4/c1-10(16(22)23)24-14-7-3-5-12(9-14)15(21)11-4-2-6-13(8-11)17(18,19)20/h2-10H,1H3,(H,22,23). The molecule has 4 nitrogen and oxygen atoms in total. The third-order valence-electron chi connectivity index (χ3n) is 3.21. The number of carboxylic acids is 1. The molecular formula is C17H13F3O4. The zero-order valence-corrected chi connectivity index (χ0v) is 12.5. The molecule has 1 unspecified atom stereocenters. The second-order valence-corrected chi connectivity index (χ2v) is 5.03. The van der Waals surface area contributed by atoms with E-state index in [1.165, 1.54) is 37.3 Å². The Labute approximate surface area is 135 Å². The van der Waals surface area contributed by atoms with Crippen LogP contribution < -0.4 is 4.74 Å². The van der Waals surface area contributed by atoms with Crippen LogP contribution in [0.2, 0.25) is 0 Å². The van der Waals surface area contributed by atoms with Crippen LogP contribution in [0.3, 0.4) is 0 Å². The van der Waals surface area contributed by atoms with E-state index in [1.807, 2.05) is 0 Å². The minimum absolute atomic E-state index is 0.101. The summed E-state index contributed by atoms with van der Waals surface area (Å²) in [4.78, 5) is 23.1. The van der Waals surface area contributed by atoms with E-state index in [1.54, 1.807) is 0 Å². The van der Waals surface area contributed by atoms with Gasteiger partial charge in [0.2, 0.25) is 0 Å². The van der Waals surface area contributed by atoms with Crippen molar-refractivity contribution in [3.8, 4) is 5.75 Å². The molecule has 126 valence electrons. The van der Waals surface area contributed by atoms with Gasteiger partial charge in [0, 0.05) is 11.1 Å². The molecule has 2 aromatic carbocycles. The van der Waals surface area contributed by atoms with Gasteiger partial charge in [0.1, 0.15) is 5.75 Å². The van der Waals surface area contributed by atoms with Crippen molar-refractivity contribution >= 4 is 11.8 Å². The Bertz CT molecular complexity index is 768. The summed E-state index contributed by atoms with van der Waals surface area (Å²) >= 11 is 0. The van der Waals surface area contributed by atoms with E-state index in [-0.39, 0.29) is 16.9 Å². The molecule has 24 heavy (non-hydrogen) atoms. The van der Waals surface area contributed by atoms with Crippen molar-refractivity contribution < 1.29 is 32.6 Å². The second kappa shape index (κ2) is 6.74. The smallest absolute Gasteiger partial charge is 0.416 e. The first-order valence-electron chi connectivity index (χ1n) is 6.90. The number of carbonyl (C=O) groups excluding carboxylic acids is 1. The van der Waals surface area contributed by atoms with Crippen LogP contribution in [0, 0.1) is 0 Å². The maximum absolute atomic E-state index is 12.7. The van der Waals surface area contributed by atoms with Crippen LogP contribution in [0.25, 0.3) is 0 Å². The maximum atomic E-state index is 12.7. The van der Waals surface area contributed by atoms with Gasteiger partial charge in [-0.05, 0) is 31.2 Å². The molecule has 0 fully saturated rings. The minimum Gasteiger partial charge on any atom is -0.479 e. The van der Waals surface area contributed by atoms with E-state index in [9.17, 15) is 22.8 Å². The zero-order valence-electron chi connectivity index (χ0n) is 12.5. The topological polar surface area (TPSA) is 63.6 Å². The van der Waals surface area contributed by atoms with Crippen LogP contribution >= 0.6 is 0 Å². The van der Waals surface area contributed by atoms with Crippen molar-refractivity contribution in [3.63, 3.8) is 0 Å². The van der Waals surface area contributed by atoms with Gasteiger partial charge in [0.05, 0.1) is 5.56 Å². The second-order valence-electron chi connectivity index (χ2n) is 5.03. The fraction of sp³-hybridized carbons (Fsp3) is 0.176. The third-order valence-corrected chi connectivity index (χ3v) is 3.21. The summed E-state index contributed by atoms with van der Waals surface area (Å²) in [6, 6.07) is 9.73. The maximum Gasteiger partial charge on any atom is 0.416 e. The quantitative estimate of drug-likeness (QED) is 0.843. The monoisotopic (exact) mass is 338 g/mol. The highest BCUT2D eigenvalue weighted by Crippen LogP contribution is 2.30. The number of aliphatic carboxylic acids is 1. The highest BCUT2D eigenvalue weighted by Gasteiger charge is 2.31. The lowest BCUT2D eigenvalue weighted by Crippen LogP contribution is -2.22. The molecule has 2 aromatic rings. The van der Waals surface area contributed by atoms with Crippen LogP contribution in [-0.2, 0) is 11.0 Å². The number of hydrogen-bond donors (Lipinski definition) is 1. The third kappa shape index (κ3) is 4.13. The van der Waals surface area contributed by atoms with Crippen molar-refractivity contribution in [2.75, 3.05) is 0 Å². The number of hydrogen-bond acceptors (Lipinski definition) is 3. The van der Waals surface area contributed by atoms with E-state index in [2.05, 4.69) is 0 Å². The number of rotatable bonds is 5. The summed E-state index contributed by atoms with van der Waals surface area (Å²) in [5, 5.41) is 8.81. The predicted molar refractivity (Wildman–Crippen MR) is 79.0 cm³/mol. The number of halogens is 3. The van der Waals surface area contributed by atoms with E-state index >= 15 is 0 Å². The zero-order chi connectivity index (χ0) is 17.9. The van der Waals surface area contributed by atoms with Crippen LogP contribution in [0.5, 0.6) is 5.75 Å². The molecule has 1 atom stereocenters. The molecule has 0 aliphatic heterocycles. The predicted octanol–water partition coefficient (Wildman–Crippen LogP) is 3.79. The van der Waals surface area contributed by atoms with Gasteiger partial charge in [-0.25, -0.2) is 4.79 Å². The molecular weight excluding hydrogens is 325 g/mol. The van der Waals surface area contributed by atoms with Gasteiger partial charge in [-0.2, -0.15) is 13.2 Å². The van der Waals surface area contributed by atoms with Gasteiger partial charge in [-0.15, -0.1) is 0 Å². The molecule has 0 amide bonds. The van der Waals surface area contributed by atoms with Crippen molar-refractivity contribution in [3.05, 3.63) is 65.2 Å². The average Bonchev–Trinajstić information content (AvgIpc) is 2.53. The molecule has 0 saturated heterocycles. The Morgan fingerprint density at radius 3 is 2.21 bits per heavy atom. The number of benzene rings is 2. The highest BCUT2D eigenvalue weighted by atomic mass is 19.4. The Morgan fingerprint density at radius 2 is 1.62 bits per heavy atom. The van der Waals surface area contributed by atoms with E-state index in [4.69, 9.17) is 9.84 Å². The van der Waals surface area contributed by atoms with E-state index in [0.29, 0.717) is 0 Å². The van der Waals surface area contributed by atoms with Crippen LogP contribution in [-0.4, -0.2) is 23.0 Å². The van der Waals surface area contributed by atoms with Gasteiger partial charge in [0.25, 0.3) is 0 Å². The fourth-order valence-electron chi connectivity index (χ4n) is 1.97. The molecule has 0 aromatic heterocycles. The average molecular weight is 338 g/mol. The largest absolute Gasteiger partial charge is 0.479 e. The molecule has 0 saturated carbocycles. The first-order valence-corrected chi connectivity index (χ1v) is 6.90. The SMILES string of the molecule is CC(Oc1cccc(C(=O)c2cccc(C(F)(F)F)c2)c1)C(=O)O. The number of ketones is 1. The number of carboxylic acid groups (broad SMARTS) is 1. The lowest BCUT2D eigenvalue weighted by atomic mass is 10.0. The fourth-order valence-corrected chi connectivity index (χ4v) is 1.97. The van der Waals surface area contributed by atoms with Crippen molar-refractivity contribution in [2.45, 2.75) is 19.2 Å². The summed E-state index contributed by atoms with van der Waals surface area (Å²) < 4.78 is 43.3. The highest BCUT2D eigenvalue weighted by molar-refractivity contribution is 6.09. The van der Waals surface area contributed by atoms with Crippen LogP contribution in [0.4, 0.5) is 13.2 Å². The lowest BCUT2D eigenvalue weighted by Gasteiger charge is -2.12. The first kappa shape index (κ1) is 17.5. The van der Waals surface area contributed by atoms with E-state index in [0.717, 1.165) is 18.2 Å². The molecule has 0 aliphatic rings. The molecule has 0 spiro atoms.